The van der Waals surface area contributed by atoms with Gasteiger partial charge in [0.2, 0.25) is 5.91 Å². The highest BCUT2D eigenvalue weighted by Crippen LogP contribution is 2.28. The van der Waals surface area contributed by atoms with Gasteiger partial charge in [-0.05, 0) is 49.2 Å². The summed E-state index contributed by atoms with van der Waals surface area (Å²) in [7, 11) is -4.03. The number of carbonyl (C=O) groups excluding carboxylic acids is 1. The van der Waals surface area contributed by atoms with Crippen LogP contribution in [-0.4, -0.2) is 19.4 Å². The van der Waals surface area contributed by atoms with E-state index in [0.717, 1.165) is 4.31 Å². The topological polar surface area (TPSA) is 74.7 Å². The summed E-state index contributed by atoms with van der Waals surface area (Å²) in [5.74, 6) is -0.849. The molecule has 0 heterocycles. The van der Waals surface area contributed by atoms with Gasteiger partial charge in [0.15, 0.2) is 0 Å². The van der Waals surface area contributed by atoms with Crippen LogP contribution in [0.25, 0.3) is 0 Å². The largest absolute Gasteiger partial charge is 0.508 e. The minimum Gasteiger partial charge on any atom is -0.508 e. The van der Waals surface area contributed by atoms with Gasteiger partial charge in [-0.3, -0.25) is 4.79 Å². The molecule has 5 nitrogen and oxygen atoms in total. The number of carbonyl (C=O) groups is 1. The number of sulfonamides is 1. The fourth-order valence-electron chi connectivity index (χ4n) is 2.47. The van der Waals surface area contributed by atoms with Crippen LogP contribution in [0.15, 0.2) is 59.5 Å². The van der Waals surface area contributed by atoms with E-state index in [4.69, 9.17) is 0 Å². The molecule has 0 spiro atoms. The number of anilines is 1. The van der Waals surface area contributed by atoms with E-state index in [1.54, 1.807) is 18.2 Å². The van der Waals surface area contributed by atoms with Gasteiger partial charge in [0.1, 0.15) is 5.75 Å². The minimum atomic E-state index is -4.03. The molecule has 2 rings (SSSR count). The fraction of sp³-hybridized carbons (Fsp3) is 0.278. The number of benzene rings is 2. The van der Waals surface area contributed by atoms with E-state index in [9.17, 15) is 18.3 Å². The van der Waals surface area contributed by atoms with Crippen LogP contribution in [0, 0.1) is 5.92 Å². The van der Waals surface area contributed by atoms with Crippen molar-refractivity contribution in [3.05, 3.63) is 54.6 Å². The number of hydrogen-bond acceptors (Lipinski definition) is 4. The van der Waals surface area contributed by atoms with E-state index >= 15 is 0 Å². The van der Waals surface area contributed by atoms with E-state index in [2.05, 4.69) is 0 Å². The van der Waals surface area contributed by atoms with E-state index in [-0.39, 0.29) is 16.3 Å². The van der Waals surface area contributed by atoms with Gasteiger partial charge in [-0.1, -0.05) is 32.0 Å². The van der Waals surface area contributed by atoms with Crippen LogP contribution in [0.3, 0.4) is 0 Å². The predicted molar refractivity (Wildman–Crippen MR) is 93.3 cm³/mol. The molecule has 0 bridgehead atoms. The van der Waals surface area contributed by atoms with Crippen LogP contribution in [0.4, 0.5) is 5.69 Å². The molecule has 0 radical (unpaired) electrons. The van der Waals surface area contributed by atoms with Crippen LogP contribution in [-0.2, 0) is 14.8 Å². The second-order valence-corrected chi connectivity index (χ2v) is 7.24. The quantitative estimate of drug-likeness (QED) is 0.867. The van der Waals surface area contributed by atoms with E-state index in [1.165, 1.54) is 36.4 Å². The van der Waals surface area contributed by atoms with E-state index < -0.39 is 21.8 Å². The summed E-state index contributed by atoms with van der Waals surface area (Å²) in [5, 5.41) is 9.45. The third-order valence-electron chi connectivity index (χ3n) is 3.90. The fourth-order valence-corrected chi connectivity index (χ4v) is 3.97. The normalized spacial score (nSPS) is 11.5. The molecule has 128 valence electrons. The highest BCUT2D eigenvalue weighted by atomic mass is 32.2. The third kappa shape index (κ3) is 3.59. The summed E-state index contributed by atoms with van der Waals surface area (Å²) >= 11 is 0. The molecule has 2 aromatic rings. The van der Waals surface area contributed by atoms with E-state index in [0.29, 0.717) is 12.8 Å². The summed E-state index contributed by atoms with van der Waals surface area (Å²) in [5.41, 5.74) is 0.216. The second kappa shape index (κ2) is 7.49. The molecule has 0 saturated heterocycles. The van der Waals surface area contributed by atoms with Crippen molar-refractivity contribution in [1.82, 2.24) is 0 Å². The number of phenolic OH excluding ortho intramolecular Hbond substituents is 1. The van der Waals surface area contributed by atoms with Crippen LogP contribution in [0.2, 0.25) is 0 Å². The Bertz CT molecular complexity index is 782. The smallest absolute Gasteiger partial charge is 0.270 e. The minimum absolute atomic E-state index is 0.00536. The molecule has 1 amide bonds. The number of nitrogens with zero attached hydrogens (tertiary/aromatic N) is 1. The van der Waals surface area contributed by atoms with Crippen molar-refractivity contribution in [2.24, 2.45) is 5.92 Å². The Morgan fingerprint density at radius 1 is 1.00 bits per heavy atom. The number of amides is 1. The van der Waals surface area contributed by atoms with Gasteiger partial charge in [-0.2, -0.15) is 0 Å². The maximum absolute atomic E-state index is 13.0. The van der Waals surface area contributed by atoms with Crippen LogP contribution >= 0.6 is 0 Å². The first-order chi connectivity index (χ1) is 11.4. The SMILES string of the molecule is CCC(CC)C(=O)N(c1ccc(O)cc1)S(=O)(=O)c1ccccc1. The Kier molecular flexibility index (Phi) is 5.62. The van der Waals surface area contributed by atoms with Crippen molar-refractivity contribution < 1.29 is 18.3 Å². The molecule has 2 aromatic carbocycles. The first-order valence-corrected chi connectivity index (χ1v) is 9.29. The van der Waals surface area contributed by atoms with Crippen molar-refractivity contribution in [1.29, 1.82) is 0 Å². The van der Waals surface area contributed by atoms with Crippen LogP contribution < -0.4 is 4.31 Å². The maximum Gasteiger partial charge on any atom is 0.270 e. The van der Waals surface area contributed by atoms with Crippen LogP contribution in [0.5, 0.6) is 5.75 Å². The third-order valence-corrected chi connectivity index (χ3v) is 5.64. The van der Waals surface area contributed by atoms with Crippen molar-refractivity contribution >= 4 is 21.6 Å². The van der Waals surface area contributed by atoms with Crippen molar-refractivity contribution in [2.45, 2.75) is 31.6 Å². The van der Waals surface area contributed by atoms with Gasteiger partial charge in [0.25, 0.3) is 10.0 Å². The molecule has 0 fully saturated rings. The molecule has 0 aliphatic carbocycles. The molecule has 0 unspecified atom stereocenters. The number of phenols is 1. The Labute approximate surface area is 142 Å². The first kappa shape index (κ1) is 18.0. The van der Waals surface area contributed by atoms with Crippen molar-refractivity contribution in [2.75, 3.05) is 4.31 Å². The number of aromatic hydroxyl groups is 1. The highest BCUT2D eigenvalue weighted by Gasteiger charge is 2.34. The molecule has 0 aliphatic rings. The Hall–Kier alpha value is -2.34. The van der Waals surface area contributed by atoms with Gasteiger partial charge in [0, 0.05) is 5.92 Å². The van der Waals surface area contributed by atoms with Gasteiger partial charge in [0.05, 0.1) is 10.6 Å². The summed E-state index contributed by atoms with van der Waals surface area (Å²) < 4.78 is 26.9. The zero-order valence-electron chi connectivity index (χ0n) is 13.7. The zero-order chi connectivity index (χ0) is 17.7. The Morgan fingerprint density at radius 2 is 1.54 bits per heavy atom. The lowest BCUT2D eigenvalue weighted by Crippen LogP contribution is -2.40. The number of hydrogen-bond donors (Lipinski definition) is 1. The zero-order valence-corrected chi connectivity index (χ0v) is 14.5. The lowest BCUT2D eigenvalue weighted by atomic mass is 10.0. The molecule has 0 saturated carbocycles. The summed E-state index contributed by atoms with van der Waals surface area (Å²) in [6.45, 7) is 3.71. The van der Waals surface area contributed by atoms with Gasteiger partial charge in [-0.15, -0.1) is 0 Å². The first-order valence-electron chi connectivity index (χ1n) is 7.85. The van der Waals surface area contributed by atoms with Gasteiger partial charge in [-0.25, -0.2) is 12.7 Å². The van der Waals surface area contributed by atoms with E-state index in [1.807, 2.05) is 13.8 Å². The maximum atomic E-state index is 13.0. The lowest BCUT2D eigenvalue weighted by Gasteiger charge is -2.26. The second-order valence-electron chi connectivity index (χ2n) is 5.45. The molecule has 1 N–H and O–H groups in total. The highest BCUT2D eigenvalue weighted by molar-refractivity contribution is 7.93. The Morgan fingerprint density at radius 3 is 2.04 bits per heavy atom. The van der Waals surface area contributed by atoms with Gasteiger partial charge >= 0.3 is 0 Å². The molecular weight excluding hydrogens is 326 g/mol. The summed E-state index contributed by atoms with van der Waals surface area (Å²) in [6.07, 6.45) is 1.10. The summed E-state index contributed by atoms with van der Waals surface area (Å²) in [6, 6.07) is 13.4. The molecule has 0 aliphatic heterocycles. The molecule has 0 atom stereocenters. The molecule has 6 heteroatoms. The van der Waals surface area contributed by atoms with Gasteiger partial charge < -0.3 is 5.11 Å². The van der Waals surface area contributed by atoms with Crippen molar-refractivity contribution in [3.63, 3.8) is 0 Å². The average molecular weight is 347 g/mol. The Balaban J connectivity index is 2.58. The number of rotatable bonds is 6. The standard InChI is InChI=1S/C18H21NO4S/c1-3-14(4-2)18(21)19(15-10-12-16(20)13-11-15)24(22,23)17-8-6-5-7-9-17/h5-14,20H,3-4H2,1-2H3. The lowest BCUT2D eigenvalue weighted by molar-refractivity contribution is -0.121. The summed E-state index contributed by atoms with van der Waals surface area (Å²) in [4.78, 5) is 12.9. The van der Waals surface area contributed by atoms with Crippen molar-refractivity contribution in [3.8, 4) is 5.75 Å². The van der Waals surface area contributed by atoms with Crippen LogP contribution in [0.1, 0.15) is 26.7 Å². The molecule has 0 aromatic heterocycles. The predicted octanol–water partition coefficient (Wildman–Crippen LogP) is 3.55. The molecular formula is C18H21NO4S. The molecule has 24 heavy (non-hydrogen) atoms. The monoisotopic (exact) mass is 347 g/mol. The average Bonchev–Trinajstić information content (AvgIpc) is 2.58.